The number of carbonyl (C=O) groups is 1. The Bertz CT molecular complexity index is 463. The van der Waals surface area contributed by atoms with Crippen LogP contribution in [0.3, 0.4) is 0 Å². The van der Waals surface area contributed by atoms with Crippen molar-refractivity contribution in [3.05, 3.63) is 35.6 Å². The van der Waals surface area contributed by atoms with Crippen molar-refractivity contribution in [2.45, 2.75) is 19.9 Å². The third-order valence-electron chi connectivity index (χ3n) is 4.27. The van der Waals surface area contributed by atoms with Crippen molar-refractivity contribution < 1.29 is 9.18 Å². The summed E-state index contributed by atoms with van der Waals surface area (Å²) in [6.07, 6.45) is 1.09. The van der Waals surface area contributed by atoms with Gasteiger partial charge in [-0.3, -0.25) is 9.69 Å². The van der Waals surface area contributed by atoms with E-state index in [0.717, 1.165) is 25.1 Å². The van der Waals surface area contributed by atoms with Gasteiger partial charge in [0.25, 0.3) is 0 Å². The lowest BCUT2D eigenvalue weighted by Crippen LogP contribution is -2.46. The predicted octanol–water partition coefficient (Wildman–Crippen LogP) is 1.36. The average Bonchev–Trinajstić information content (AvgIpc) is 2.48. The Kier molecular flexibility index (Phi) is 5.70. The van der Waals surface area contributed by atoms with Gasteiger partial charge in [0, 0.05) is 13.1 Å². The zero-order valence-electron chi connectivity index (χ0n) is 12.5. The minimum absolute atomic E-state index is 0.00431. The second kappa shape index (κ2) is 7.52. The molecule has 1 aliphatic heterocycles. The third kappa shape index (κ3) is 4.79. The number of amides is 1. The van der Waals surface area contributed by atoms with Crippen molar-refractivity contribution >= 4 is 5.91 Å². The lowest BCUT2D eigenvalue weighted by molar-refractivity contribution is -0.123. The fraction of sp³-hybridized carbons (Fsp3) is 0.562. The van der Waals surface area contributed by atoms with Gasteiger partial charge in [-0.1, -0.05) is 19.1 Å². The number of halogens is 1. The van der Waals surface area contributed by atoms with Gasteiger partial charge in [-0.05, 0) is 49.0 Å². The van der Waals surface area contributed by atoms with Crippen LogP contribution in [-0.4, -0.2) is 37.0 Å². The molecule has 2 atom stereocenters. The zero-order chi connectivity index (χ0) is 15.2. The molecule has 3 N–H and O–H groups in total. The first kappa shape index (κ1) is 15.9. The average molecular weight is 293 g/mol. The standard InChI is InChI=1S/C16H24FN3O/c1-12-6-7-20(10-14(12)8-18)11-16(21)19-9-13-2-4-15(17)5-3-13/h2-5,12,14H,6-11,18H2,1H3,(H,19,21). The molecule has 0 radical (unpaired) electrons. The van der Waals surface area contributed by atoms with Crippen LogP contribution in [0.15, 0.2) is 24.3 Å². The minimum atomic E-state index is -0.264. The molecule has 1 heterocycles. The molecule has 0 aromatic heterocycles. The van der Waals surface area contributed by atoms with Gasteiger partial charge in [0.2, 0.25) is 5.91 Å². The molecular formula is C16H24FN3O. The monoisotopic (exact) mass is 293 g/mol. The highest BCUT2D eigenvalue weighted by atomic mass is 19.1. The molecule has 1 amide bonds. The Morgan fingerprint density at radius 2 is 2.14 bits per heavy atom. The Morgan fingerprint density at radius 3 is 2.81 bits per heavy atom. The maximum atomic E-state index is 12.8. The maximum Gasteiger partial charge on any atom is 0.234 e. The van der Waals surface area contributed by atoms with Crippen molar-refractivity contribution in [3.63, 3.8) is 0 Å². The summed E-state index contributed by atoms with van der Waals surface area (Å²) in [6.45, 7) is 5.58. The molecule has 5 heteroatoms. The van der Waals surface area contributed by atoms with Crippen LogP contribution in [0.25, 0.3) is 0 Å². The largest absolute Gasteiger partial charge is 0.351 e. The number of carbonyl (C=O) groups excluding carboxylic acids is 1. The molecule has 0 aliphatic carbocycles. The summed E-state index contributed by atoms with van der Waals surface area (Å²) in [5.74, 6) is 0.849. The molecule has 116 valence electrons. The first-order valence-corrected chi connectivity index (χ1v) is 7.52. The quantitative estimate of drug-likeness (QED) is 0.862. The Hall–Kier alpha value is -1.46. The van der Waals surface area contributed by atoms with Crippen molar-refractivity contribution in [1.82, 2.24) is 10.2 Å². The number of nitrogens with one attached hydrogen (secondary N) is 1. The fourth-order valence-corrected chi connectivity index (χ4v) is 2.74. The van der Waals surface area contributed by atoms with Crippen molar-refractivity contribution in [3.8, 4) is 0 Å². The van der Waals surface area contributed by atoms with Gasteiger partial charge in [-0.25, -0.2) is 4.39 Å². The summed E-state index contributed by atoms with van der Waals surface area (Å²) in [6, 6.07) is 6.17. The number of piperidine rings is 1. The molecule has 2 unspecified atom stereocenters. The van der Waals surface area contributed by atoms with Gasteiger partial charge in [0.05, 0.1) is 6.54 Å². The summed E-state index contributed by atoms with van der Waals surface area (Å²) in [4.78, 5) is 14.1. The van der Waals surface area contributed by atoms with E-state index >= 15 is 0 Å². The van der Waals surface area contributed by atoms with Crippen LogP contribution < -0.4 is 11.1 Å². The number of hydrogen-bond acceptors (Lipinski definition) is 3. The normalized spacial score (nSPS) is 23.0. The maximum absolute atomic E-state index is 12.8. The highest BCUT2D eigenvalue weighted by Gasteiger charge is 2.25. The highest BCUT2D eigenvalue weighted by Crippen LogP contribution is 2.21. The first-order valence-electron chi connectivity index (χ1n) is 7.52. The summed E-state index contributed by atoms with van der Waals surface area (Å²) in [5.41, 5.74) is 6.68. The van der Waals surface area contributed by atoms with Gasteiger partial charge in [0.1, 0.15) is 5.82 Å². The summed E-state index contributed by atoms with van der Waals surface area (Å²) < 4.78 is 12.8. The number of benzene rings is 1. The Labute approximate surface area is 125 Å². The van der Waals surface area contributed by atoms with Crippen molar-refractivity contribution in [2.24, 2.45) is 17.6 Å². The molecule has 0 spiro atoms. The van der Waals surface area contributed by atoms with Crippen LogP contribution in [0.4, 0.5) is 4.39 Å². The van der Waals surface area contributed by atoms with E-state index < -0.39 is 0 Å². The number of nitrogens with zero attached hydrogens (tertiary/aromatic N) is 1. The van der Waals surface area contributed by atoms with Crippen LogP contribution in [0.1, 0.15) is 18.9 Å². The molecule has 1 aromatic rings. The summed E-state index contributed by atoms with van der Waals surface area (Å²) >= 11 is 0. The Morgan fingerprint density at radius 1 is 1.43 bits per heavy atom. The van der Waals surface area contributed by atoms with Gasteiger partial charge in [0.15, 0.2) is 0 Å². The molecule has 0 saturated carbocycles. The first-order chi connectivity index (χ1) is 10.1. The van der Waals surface area contributed by atoms with Gasteiger partial charge in [-0.2, -0.15) is 0 Å². The second-order valence-electron chi connectivity index (χ2n) is 5.90. The summed E-state index contributed by atoms with van der Waals surface area (Å²) in [7, 11) is 0. The van der Waals surface area contributed by atoms with Gasteiger partial charge < -0.3 is 11.1 Å². The molecule has 1 saturated heterocycles. The third-order valence-corrected chi connectivity index (χ3v) is 4.27. The van der Waals surface area contributed by atoms with Crippen LogP contribution >= 0.6 is 0 Å². The lowest BCUT2D eigenvalue weighted by atomic mass is 9.87. The molecule has 1 aromatic carbocycles. The minimum Gasteiger partial charge on any atom is -0.351 e. The number of likely N-dealkylation sites (tertiary alicyclic amines) is 1. The van der Waals surface area contributed by atoms with Gasteiger partial charge >= 0.3 is 0 Å². The van der Waals surface area contributed by atoms with E-state index in [2.05, 4.69) is 17.1 Å². The van der Waals surface area contributed by atoms with E-state index in [9.17, 15) is 9.18 Å². The van der Waals surface area contributed by atoms with E-state index in [1.54, 1.807) is 12.1 Å². The van der Waals surface area contributed by atoms with Gasteiger partial charge in [-0.15, -0.1) is 0 Å². The van der Waals surface area contributed by atoms with Crippen molar-refractivity contribution in [2.75, 3.05) is 26.2 Å². The fourth-order valence-electron chi connectivity index (χ4n) is 2.74. The van der Waals surface area contributed by atoms with Crippen LogP contribution in [-0.2, 0) is 11.3 Å². The zero-order valence-corrected chi connectivity index (χ0v) is 12.5. The molecule has 4 nitrogen and oxygen atoms in total. The predicted molar refractivity (Wildman–Crippen MR) is 81.0 cm³/mol. The van der Waals surface area contributed by atoms with E-state index in [-0.39, 0.29) is 11.7 Å². The molecule has 21 heavy (non-hydrogen) atoms. The van der Waals surface area contributed by atoms with E-state index in [1.165, 1.54) is 12.1 Å². The van der Waals surface area contributed by atoms with Crippen LogP contribution in [0.5, 0.6) is 0 Å². The van der Waals surface area contributed by atoms with E-state index in [4.69, 9.17) is 5.73 Å². The lowest BCUT2D eigenvalue weighted by Gasteiger charge is -2.36. The van der Waals surface area contributed by atoms with Crippen LogP contribution in [0, 0.1) is 17.7 Å². The smallest absolute Gasteiger partial charge is 0.234 e. The number of hydrogen-bond donors (Lipinski definition) is 2. The molecule has 0 bridgehead atoms. The topological polar surface area (TPSA) is 58.4 Å². The van der Waals surface area contributed by atoms with Crippen molar-refractivity contribution in [1.29, 1.82) is 0 Å². The van der Waals surface area contributed by atoms with E-state index in [0.29, 0.717) is 31.5 Å². The number of rotatable bonds is 5. The molecule has 1 aliphatic rings. The molecule has 1 fully saturated rings. The Balaban J connectivity index is 1.75. The molecule has 2 rings (SSSR count). The SMILES string of the molecule is CC1CCN(CC(=O)NCc2ccc(F)cc2)CC1CN. The number of nitrogens with two attached hydrogens (primary N) is 1. The summed E-state index contributed by atoms with van der Waals surface area (Å²) in [5, 5.41) is 2.88. The van der Waals surface area contributed by atoms with Crippen LogP contribution in [0.2, 0.25) is 0 Å². The highest BCUT2D eigenvalue weighted by molar-refractivity contribution is 5.78. The molecular weight excluding hydrogens is 269 g/mol. The van der Waals surface area contributed by atoms with E-state index in [1.807, 2.05) is 0 Å². The second-order valence-corrected chi connectivity index (χ2v) is 5.90.